The fraction of sp³-hybridized carbons (Fsp3) is 0.375. The van der Waals surface area contributed by atoms with Crippen LogP contribution >= 0.6 is 0 Å². The zero-order valence-corrected chi connectivity index (χ0v) is 23.5. The van der Waals surface area contributed by atoms with Gasteiger partial charge in [-0.1, -0.05) is 60.7 Å². The van der Waals surface area contributed by atoms with E-state index in [4.69, 9.17) is 14.2 Å². The number of rotatable bonds is 14. The summed E-state index contributed by atoms with van der Waals surface area (Å²) in [4.78, 5) is 25.1. The molecule has 1 atom stereocenters. The van der Waals surface area contributed by atoms with E-state index in [9.17, 15) is 14.7 Å². The lowest BCUT2D eigenvalue weighted by Crippen LogP contribution is -2.48. The van der Waals surface area contributed by atoms with Crippen LogP contribution in [0.3, 0.4) is 0 Å². The summed E-state index contributed by atoms with van der Waals surface area (Å²) in [6.07, 6.45) is 0.516. The predicted octanol–water partition coefficient (Wildman–Crippen LogP) is 5.17. The second-order valence-corrected chi connectivity index (χ2v) is 10.5. The largest absolute Gasteiger partial charge is 0.489 e. The number of benzene rings is 3. The summed E-state index contributed by atoms with van der Waals surface area (Å²) in [5.74, 6) is 1.00. The first-order valence-corrected chi connectivity index (χ1v) is 13.6. The molecule has 2 amide bonds. The molecule has 8 heteroatoms. The zero-order chi connectivity index (χ0) is 28.8. The Hall–Kier alpha value is -4.04. The average Bonchev–Trinajstić information content (AvgIpc) is 2.93. The lowest BCUT2D eigenvalue weighted by molar-refractivity contribution is -0.123. The first-order chi connectivity index (χ1) is 19.2. The minimum absolute atomic E-state index is 0.0820. The van der Waals surface area contributed by atoms with Gasteiger partial charge in [-0.15, -0.1) is 0 Å². The number of carbonyl (C=O) groups excluding carboxylic acids is 2. The van der Waals surface area contributed by atoms with Crippen molar-refractivity contribution in [2.24, 2.45) is 0 Å². The van der Waals surface area contributed by atoms with Gasteiger partial charge in [-0.05, 0) is 68.9 Å². The zero-order valence-electron chi connectivity index (χ0n) is 23.5. The summed E-state index contributed by atoms with van der Waals surface area (Å²) < 4.78 is 17.4. The Morgan fingerprint density at radius 3 is 1.88 bits per heavy atom. The first kappa shape index (κ1) is 30.5. The Morgan fingerprint density at radius 1 is 0.825 bits per heavy atom. The topological polar surface area (TPSA) is 106 Å². The molecule has 3 N–H and O–H groups in total. The van der Waals surface area contributed by atoms with E-state index >= 15 is 0 Å². The molecule has 0 saturated carbocycles. The highest BCUT2D eigenvalue weighted by Crippen LogP contribution is 2.25. The number of amides is 2. The maximum absolute atomic E-state index is 12.9. The molecule has 0 spiro atoms. The van der Waals surface area contributed by atoms with Gasteiger partial charge in [0.2, 0.25) is 5.91 Å². The van der Waals surface area contributed by atoms with Crippen molar-refractivity contribution in [3.8, 4) is 11.5 Å². The summed E-state index contributed by atoms with van der Waals surface area (Å²) in [6, 6.07) is 24.8. The Kier molecular flexibility index (Phi) is 11.8. The maximum Gasteiger partial charge on any atom is 0.408 e. The average molecular weight is 549 g/mol. The normalized spacial score (nSPS) is 11.8. The number of hydrogen-bond acceptors (Lipinski definition) is 6. The van der Waals surface area contributed by atoms with Gasteiger partial charge in [-0.2, -0.15) is 0 Å². The van der Waals surface area contributed by atoms with Crippen LogP contribution in [0.1, 0.15) is 50.3 Å². The third-order valence-corrected chi connectivity index (χ3v) is 5.81. The highest BCUT2D eigenvalue weighted by Gasteiger charge is 2.24. The Balaban J connectivity index is 1.64. The number of aliphatic hydroxyl groups is 1. The van der Waals surface area contributed by atoms with Crippen molar-refractivity contribution in [2.75, 3.05) is 13.2 Å². The number of aliphatic hydroxyl groups excluding tert-OH is 1. The molecule has 0 bridgehead atoms. The molecular formula is C32H40N2O6. The molecule has 3 aromatic rings. The molecule has 3 rings (SSSR count). The third kappa shape index (κ3) is 11.4. The molecule has 0 fully saturated rings. The van der Waals surface area contributed by atoms with Gasteiger partial charge < -0.3 is 30.0 Å². The Bertz CT molecular complexity index is 1130. The van der Waals surface area contributed by atoms with Crippen LogP contribution < -0.4 is 20.1 Å². The van der Waals surface area contributed by atoms with Crippen LogP contribution in [0.25, 0.3) is 0 Å². The predicted molar refractivity (Wildman–Crippen MR) is 154 cm³/mol. The van der Waals surface area contributed by atoms with Crippen molar-refractivity contribution in [3.05, 3.63) is 95.6 Å². The molecule has 214 valence electrons. The molecule has 8 nitrogen and oxygen atoms in total. The van der Waals surface area contributed by atoms with Crippen LogP contribution in [-0.2, 0) is 29.2 Å². The summed E-state index contributed by atoms with van der Waals surface area (Å²) in [6.45, 7) is 6.36. The van der Waals surface area contributed by atoms with Crippen LogP contribution in [0.5, 0.6) is 11.5 Å². The molecule has 0 aliphatic carbocycles. The van der Waals surface area contributed by atoms with Gasteiger partial charge in [0, 0.05) is 19.2 Å². The smallest absolute Gasteiger partial charge is 0.408 e. The van der Waals surface area contributed by atoms with Gasteiger partial charge in [0.25, 0.3) is 0 Å². The fourth-order valence-corrected chi connectivity index (χ4v) is 3.89. The van der Waals surface area contributed by atoms with E-state index in [1.807, 2.05) is 78.9 Å². The summed E-state index contributed by atoms with van der Waals surface area (Å²) in [7, 11) is 0. The summed E-state index contributed by atoms with van der Waals surface area (Å²) in [5, 5.41) is 14.7. The molecule has 0 aliphatic heterocycles. The van der Waals surface area contributed by atoms with Crippen LogP contribution in [-0.4, -0.2) is 41.9 Å². The van der Waals surface area contributed by atoms with Crippen molar-refractivity contribution < 1.29 is 28.9 Å². The van der Waals surface area contributed by atoms with Crippen molar-refractivity contribution in [1.29, 1.82) is 0 Å². The Labute approximate surface area is 236 Å². The minimum Gasteiger partial charge on any atom is -0.489 e. The third-order valence-electron chi connectivity index (χ3n) is 5.81. The minimum atomic E-state index is -0.813. The Morgan fingerprint density at radius 2 is 1.38 bits per heavy atom. The van der Waals surface area contributed by atoms with Gasteiger partial charge in [-0.25, -0.2) is 4.79 Å². The maximum atomic E-state index is 12.9. The van der Waals surface area contributed by atoms with Gasteiger partial charge >= 0.3 is 6.09 Å². The van der Waals surface area contributed by atoms with E-state index in [1.54, 1.807) is 20.8 Å². The highest BCUT2D eigenvalue weighted by atomic mass is 16.6. The highest BCUT2D eigenvalue weighted by molar-refractivity contribution is 5.85. The van der Waals surface area contributed by atoms with Crippen LogP contribution in [0.15, 0.2) is 78.9 Å². The summed E-state index contributed by atoms with van der Waals surface area (Å²) >= 11 is 0. The molecule has 0 unspecified atom stereocenters. The monoisotopic (exact) mass is 548 g/mol. The summed E-state index contributed by atoms with van der Waals surface area (Å²) in [5.41, 5.74) is 2.35. The molecule has 0 aromatic heterocycles. The van der Waals surface area contributed by atoms with Crippen molar-refractivity contribution in [2.45, 2.75) is 64.9 Å². The SMILES string of the molecule is CC(C)(C)OC(=O)N[C@@H](CCCO)C(=O)NCCc1cc(OCc2ccccc2)cc(OCc2ccccc2)c1. The van der Waals surface area contributed by atoms with E-state index in [2.05, 4.69) is 10.6 Å². The van der Waals surface area contributed by atoms with Crippen molar-refractivity contribution in [1.82, 2.24) is 10.6 Å². The van der Waals surface area contributed by atoms with E-state index in [0.29, 0.717) is 50.5 Å². The van der Waals surface area contributed by atoms with Crippen LogP contribution in [0, 0.1) is 0 Å². The number of hydrogen-bond donors (Lipinski definition) is 3. The van der Waals surface area contributed by atoms with E-state index in [0.717, 1.165) is 16.7 Å². The van der Waals surface area contributed by atoms with E-state index < -0.39 is 17.7 Å². The number of carbonyl (C=O) groups is 2. The lowest BCUT2D eigenvalue weighted by atomic mass is 10.1. The van der Waals surface area contributed by atoms with Crippen molar-refractivity contribution >= 4 is 12.0 Å². The second-order valence-electron chi connectivity index (χ2n) is 10.5. The van der Waals surface area contributed by atoms with Crippen molar-refractivity contribution in [3.63, 3.8) is 0 Å². The fourth-order valence-electron chi connectivity index (χ4n) is 3.89. The van der Waals surface area contributed by atoms with Gasteiger partial charge in [0.15, 0.2) is 0 Å². The molecule has 0 saturated heterocycles. The van der Waals surface area contributed by atoms with E-state index in [-0.39, 0.29) is 12.5 Å². The number of ether oxygens (including phenoxy) is 3. The molecular weight excluding hydrogens is 508 g/mol. The molecule has 0 aliphatic rings. The molecule has 0 heterocycles. The lowest BCUT2D eigenvalue weighted by Gasteiger charge is -2.23. The van der Waals surface area contributed by atoms with Gasteiger partial charge in [-0.3, -0.25) is 4.79 Å². The van der Waals surface area contributed by atoms with Gasteiger partial charge in [0.05, 0.1) is 0 Å². The number of nitrogens with one attached hydrogen (secondary N) is 2. The standard InChI is InChI=1S/C32H40N2O6/c1-32(2,3)40-31(37)34-29(15-10-18-35)30(36)33-17-16-26-19-27(38-22-24-11-6-4-7-12-24)21-28(20-26)39-23-25-13-8-5-9-14-25/h4-9,11-14,19-21,29,35H,10,15-18,22-23H2,1-3H3,(H,33,36)(H,34,37)/t29-/m0/s1. The van der Waals surface area contributed by atoms with E-state index in [1.165, 1.54) is 0 Å². The molecule has 3 aromatic carbocycles. The van der Waals surface area contributed by atoms with Crippen LogP contribution in [0.2, 0.25) is 0 Å². The second kappa shape index (κ2) is 15.5. The van der Waals surface area contributed by atoms with Crippen LogP contribution in [0.4, 0.5) is 4.79 Å². The molecule has 0 radical (unpaired) electrons. The number of alkyl carbamates (subject to hydrolysis) is 1. The van der Waals surface area contributed by atoms with Gasteiger partial charge in [0.1, 0.15) is 36.4 Å². The quantitative estimate of drug-likeness (QED) is 0.257. The molecule has 40 heavy (non-hydrogen) atoms. The first-order valence-electron chi connectivity index (χ1n) is 13.6.